The summed E-state index contributed by atoms with van der Waals surface area (Å²) in [6, 6.07) is 3.11. The average molecular weight is 250 g/mol. The Labute approximate surface area is 102 Å². The van der Waals surface area contributed by atoms with Crippen LogP contribution in [0.5, 0.6) is 5.88 Å². The predicted molar refractivity (Wildman–Crippen MR) is 61.3 cm³/mol. The second kappa shape index (κ2) is 4.88. The molecule has 0 aliphatic heterocycles. The minimum atomic E-state index is -0.306. The number of hydrogen-bond acceptors (Lipinski definition) is 5. The first-order valence-corrected chi connectivity index (χ1v) is 5.11. The molecule has 0 spiro atoms. The lowest BCUT2D eigenvalue weighted by molar-refractivity contribution is 0.103. The molecule has 0 N–H and O–H groups in total. The number of nitrogens with zero attached hydrogens (tertiary/aromatic N) is 3. The molecule has 0 saturated heterocycles. The number of hydrogen-bond donors (Lipinski definition) is 0. The molecule has 2 rings (SSSR count). The van der Waals surface area contributed by atoms with Crippen LogP contribution in [0, 0.1) is 0 Å². The van der Waals surface area contributed by atoms with Gasteiger partial charge in [0.2, 0.25) is 11.7 Å². The van der Waals surface area contributed by atoms with Gasteiger partial charge in [0.1, 0.15) is 5.15 Å². The summed E-state index contributed by atoms with van der Waals surface area (Å²) in [6.45, 7) is 0. The van der Waals surface area contributed by atoms with Gasteiger partial charge in [-0.2, -0.15) is 0 Å². The van der Waals surface area contributed by atoms with Gasteiger partial charge in [0, 0.05) is 24.2 Å². The zero-order chi connectivity index (χ0) is 12.3. The molecule has 0 radical (unpaired) electrons. The van der Waals surface area contributed by atoms with E-state index in [0.717, 1.165) is 0 Å². The summed E-state index contributed by atoms with van der Waals surface area (Å²) in [5.41, 5.74) is 0.535. The molecule has 0 fully saturated rings. The van der Waals surface area contributed by atoms with Gasteiger partial charge >= 0.3 is 0 Å². The fourth-order valence-electron chi connectivity index (χ4n) is 1.28. The van der Waals surface area contributed by atoms with Crippen molar-refractivity contribution in [3.8, 4) is 5.88 Å². The van der Waals surface area contributed by atoms with Crippen LogP contribution in [0.25, 0.3) is 0 Å². The first kappa shape index (κ1) is 11.5. The van der Waals surface area contributed by atoms with Gasteiger partial charge in [-0.25, -0.2) is 15.0 Å². The number of methoxy groups -OCH3 is 1. The van der Waals surface area contributed by atoms with Crippen molar-refractivity contribution in [1.29, 1.82) is 0 Å². The second-order valence-corrected chi connectivity index (χ2v) is 3.50. The molecule has 0 saturated carbocycles. The summed E-state index contributed by atoms with van der Waals surface area (Å²) in [5, 5.41) is 0.327. The normalized spacial score (nSPS) is 10.0. The van der Waals surface area contributed by atoms with E-state index in [-0.39, 0.29) is 17.4 Å². The van der Waals surface area contributed by atoms with Crippen LogP contribution in [0.3, 0.4) is 0 Å². The van der Waals surface area contributed by atoms with Crippen molar-refractivity contribution in [3.63, 3.8) is 0 Å². The molecule has 2 heterocycles. The monoisotopic (exact) mass is 249 g/mol. The van der Waals surface area contributed by atoms with Gasteiger partial charge in [-0.05, 0) is 12.1 Å². The van der Waals surface area contributed by atoms with Crippen LogP contribution < -0.4 is 4.74 Å². The summed E-state index contributed by atoms with van der Waals surface area (Å²) in [5.74, 6) is -0.119. The van der Waals surface area contributed by atoms with Crippen LogP contribution in [-0.2, 0) is 0 Å². The Kier molecular flexibility index (Phi) is 3.30. The quantitative estimate of drug-likeness (QED) is 0.613. The largest absolute Gasteiger partial charge is 0.479 e. The second-order valence-electron chi connectivity index (χ2n) is 3.11. The topological polar surface area (TPSA) is 65.0 Å². The van der Waals surface area contributed by atoms with Crippen LogP contribution in [-0.4, -0.2) is 27.8 Å². The minimum absolute atomic E-state index is 0.152. The third-order valence-electron chi connectivity index (χ3n) is 2.06. The Morgan fingerprint density at radius 3 is 2.65 bits per heavy atom. The first-order chi connectivity index (χ1) is 8.22. The predicted octanol–water partition coefficient (Wildman–Crippen LogP) is 1.76. The SMILES string of the molecule is COc1nccnc1C(=O)c1ccc(Cl)nc1. The van der Waals surface area contributed by atoms with Crippen LogP contribution in [0.15, 0.2) is 30.7 Å². The van der Waals surface area contributed by atoms with E-state index in [4.69, 9.17) is 16.3 Å². The number of carbonyl (C=O) groups is 1. The standard InChI is InChI=1S/C11H8ClN3O2/c1-17-11-9(13-4-5-14-11)10(16)7-2-3-8(12)15-6-7/h2-6H,1H3. The highest BCUT2D eigenvalue weighted by Gasteiger charge is 2.16. The Bertz CT molecular complexity index is 543. The van der Waals surface area contributed by atoms with Crippen LogP contribution in [0.1, 0.15) is 16.1 Å². The highest BCUT2D eigenvalue weighted by atomic mass is 35.5. The fraction of sp³-hybridized carbons (Fsp3) is 0.0909. The molecule has 0 aliphatic carbocycles. The molecule has 0 atom stereocenters. The van der Waals surface area contributed by atoms with E-state index >= 15 is 0 Å². The summed E-state index contributed by atoms with van der Waals surface area (Å²) in [6.07, 6.45) is 4.27. The van der Waals surface area contributed by atoms with E-state index in [2.05, 4.69) is 15.0 Å². The molecule has 0 bridgehead atoms. The molecular formula is C11H8ClN3O2. The molecule has 86 valence electrons. The Hall–Kier alpha value is -2.01. The Morgan fingerprint density at radius 1 is 1.24 bits per heavy atom. The number of halogens is 1. The number of aromatic nitrogens is 3. The molecule has 0 aromatic carbocycles. The van der Waals surface area contributed by atoms with E-state index in [1.165, 1.54) is 31.8 Å². The maximum absolute atomic E-state index is 12.1. The van der Waals surface area contributed by atoms with Crippen molar-refractivity contribution in [1.82, 2.24) is 15.0 Å². The zero-order valence-electron chi connectivity index (χ0n) is 8.92. The molecule has 0 amide bonds. The maximum Gasteiger partial charge on any atom is 0.243 e. The summed E-state index contributed by atoms with van der Waals surface area (Å²) in [7, 11) is 1.43. The lowest BCUT2D eigenvalue weighted by Gasteiger charge is -2.04. The molecule has 17 heavy (non-hydrogen) atoms. The van der Waals surface area contributed by atoms with E-state index in [9.17, 15) is 4.79 Å². The third kappa shape index (κ3) is 2.39. The highest BCUT2D eigenvalue weighted by Crippen LogP contribution is 2.16. The van der Waals surface area contributed by atoms with Crippen molar-refractivity contribution in [2.75, 3.05) is 7.11 Å². The zero-order valence-corrected chi connectivity index (χ0v) is 9.68. The average Bonchev–Trinajstić information content (AvgIpc) is 2.39. The Balaban J connectivity index is 2.40. The molecule has 6 heteroatoms. The Morgan fingerprint density at radius 2 is 2.00 bits per heavy atom. The number of carbonyl (C=O) groups excluding carboxylic acids is 1. The van der Waals surface area contributed by atoms with E-state index in [1.807, 2.05) is 0 Å². The third-order valence-corrected chi connectivity index (χ3v) is 2.29. The van der Waals surface area contributed by atoms with Gasteiger partial charge in [-0.15, -0.1) is 0 Å². The molecule has 2 aromatic rings. The summed E-state index contributed by atoms with van der Waals surface area (Å²) >= 11 is 5.65. The highest BCUT2D eigenvalue weighted by molar-refractivity contribution is 6.29. The van der Waals surface area contributed by atoms with E-state index in [0.29, 0.717) is 10.7 Å². The van der Waals surface area contributed by atoms with Crippen molar-refractivity contribution in [3.05, 3.63) is 47.1 Å². The molecule has 0 aliphatic rings. The van der Waals surface area contributed by atoms with Crippen LogP contribution >= 0.6 is 11.6 Å². The van der Waals surface area contributed by atoms with E-state index in [1.54, 1.807) is 6.07 Å². The molecule has 0 unspecified atom stereocenters. The van der Waals surface area contributed by atoms with Gasteiger partial charge in [0.25, 0.3) is 0 Å². The van der Waals surface area contributed by atoms with Gasteiger partial charge in [-0.3, -0.25) is 4.79 Å². The van der Waals surface area contributed by atoms with Crippen LogP contribution in [0.4, 0.5) is 0 Å². The molecule has 2 aromatic heterocycles. The van der Waals surface area contributed by atoms with Crippen molar-refractivity contribution < 1.29 is 9.53 Å². The van der Waals surface area contributed by atoms with Crippen molar-refractivity contribution in [2.24, 2.45) is 0 Å². The van der Waals surface area contributed by atoms with Gasteiger partial charge in [0.05, 0.1) is 7.11 Å². The summed E-state index contributed by atoms with van der Waals surface area (Å²) in [4.78, 5) is 23.8. The lowest BCUT2D eigenvalue weighted by atomic mass is 10.1. The van der Waals surface area contributed by atoms with Crippen molar-refractivity contribution >= 4 is 17.4 Å². The summed E-state index contributed by atoms with van der Waals surface area (Å²) < 4.78 is 4.97. The number of rotatable bonds is 3. The lowest BCUT2D eigenvalue weighted by Crippen LogP contribution is -2.08. The number of ether oxygens (including phenoxy) is 1. The van der Waals surface area contributed by atoms with Crippen molar-refractivity contribution in [2.45, 2.75) is 0 Å². The van der Waals surface area contributed by atoms with Gasteiger partial charge < -0.3 is 4.74 Å². The maximum atomic E-state index is 12.1. The fourth-order valence-corrected chi connectivity index (χ4v) is 1.39. The van der Waals surface area contributed by atoms with Gasteiger partial charge in [0.15, 0.2) is 5.69 Å². The van der Waals surface area contributed by atoms with Crippen LogP contribution in [0.2, 0.25) is 5.15 Å². The minimum Gasteiger partial charge on any atom is -0.479 e. The molecule has 5 nitrogen and oxygen atoms in total. The number of pyridine rings is 1. The van der Waals surface area contributed by atoms with E-state index < -0.39 is 0 Å². The number of ketones is 1. The van der Waals surface area contributed by atoms with Gasteiger partial charge in [-0.1, -0.05) is 11.6 Å². The first-order valence-electron chi connectivity index (χ1n) is 4.73. The molecular weight excluding hydrogens is 242 g/mol. The smallest absolute Gasteiger partial charge is 0.243 e.